The number of thioether (sulfide) groups is 1. The summed E-state index contributed by atoms with van der Waals surface area (Å²) in [7, 11) is 0. The molecule has 0 aromatic rings. The number of rotatable bonds is 7. The van der Waals surface area contributed by atoms with Crippen molar-refractivity contribution in [2.45, 2.75) is 26.8 Å². The Morgan fingerprint density at radius 2 is 2.14 bits per heavy atom. The third-order valence-electron chi connectivity index (χ3n) is 1.95. The number of hydrogen-bond acceptors (Lipinski definition) is 4. The number of ether oxygens (including phenoxy) is 1. The molecule has 84 valence electrons. The highest BCUT2D eigenvalue weighted by Gasteiger charge is 2.13. The second kappa shape index (κ2) is 8.12. The van der Waals surface area contributed by atoms with Crippen molar-refractivity contribution in [1.82, 2.24) is 4.90 Å². The first-order valence-corrected chi connectivity index (χ1v) is 6.39. The minimum Gasteiger partial charge on any atom is -0.465 e. The summed E-state index contributed by atoms with van der Waals surface area (Å²) in [4.78, 5) is 13.4. The number of hydrogen-bond donors (Lipinski definition) is 0. The van der Waals surface area contributed by atoms with Gasteiger partial charge in [0.25, 0.3) is 0 Å². The van der Waals surface area contributed by atoms with E-state index >= 15 is 0 Å². The molecular weight excluding hydrogens is 198 g/mol. The zero-order chi connectivity index (χ0) is 11.0. The summed E-state index contributed by atoms with van der Waals surface area (Å²) in [6.07, 6.45) is 2.07. The Balaban J connectivity index is 3.89. The molecule has 0 aliphatic heterocycles. The Kier molecular flexibility index (Phi) is 7.99. The van der Waals surface area contributed by atoms with E-state index in [0.29, 0.717) is 19.2 Å². The normalized spacial score (nSPS) is 11.0. The Morgan fingerprint density at radius 1 is 1.50 bits per heavy atom. The molecule has 0 aromatic carbocycles. The van der Waals surface area contributed by atoms with Gasteiger partial charge in [-0.15, -0.1) is 0 Å². The van der Waals surface area contributed by atoms with Gasteiger partial charge in [0.05, 0.1) is 13.2 Å². The third kappa shape index (κ3) is 6.27. The Morgan fingerprint density at radius 3 is 2.57 bits per heavy atom. The molecule has 0 saturated heterocycles. The fraction of sp³-hybridized carbons (Fsp3) is 0.900. The standard InChI is InChI=1S/C10H21NO2S/c1-5-13-10(12)8-11(9(2)3)6-7-14-4/h9H,5-8H2,1-4H3. The van der Waals surface area contributed by atoms with Crippen LogP contribution in [0.3, 0.4) is 0 Å². The first-order valence-electron chi connectivity index (χ1n) is 5.00. The molecule has 0 rings (SSSR count). The van der Waals surface area contributed by atoms with Crippen LogP contribution >= 0.6 is 11.8 Å². The number of esters is 1. The Bertz CT molecular complexity index is 162. The van der Waals surface area contributed by atoms with Crippen LogP contribution in [0, 0.1) is 0 Å². The summed E-state index contributed by atoms with van der Waals surface area (Å²) in [5.41, 5.74) is 0. The lowest BCUT2D eigenvalue weighted by Crippen LogP contribution is -2.38. The molecule has 0 saturated carbocycles. The Labute approximate surface area is 91.2 Å². The summed E-state index contributed by atoms with van der Waals surface area (Å²) < 4.78 is 4.92. The molecule has 0 fully saturated rings. The van der Waals surface area contributed by atoms with E-state index in [4.69, 9.17) is 4.74 Å². The number of carbonyl (C=O) groups is 1. The van der Waals surface area contributed by atoms with Gasteiger partial charge < -0.3 is 4.74 Å². The van der Waals surface area contributed by atoms with Gasteiger partial charge in [-0.05, 0) is 27.0 Å². The number of carbonyl (C=O) groups excluding carboxylic acids is 1. The van der Waals surface area contributed by atoms with Crippen LogP contribution in [0.25, 0.3) is 0 Å². The van der Waals surface area contributed by atoms with Crippen LogP contribution in [0.1, 0.15) is 20.8 Å². The van der Waals surface area contributed by atoms with E-state index in [1.54, 1.807) is 11.8 Å². The molecule has 0 heterocycles. The fourth-order valence-corrected chi connectivity index (χ4v) is 1.52. The minimum atomic E-state index is -0.123. The average Bonchev–Trinajstić information content (AvgIpc) is 2.12. The molecule has 14 heavy (non-hydrogen) atoms. The molecule has 0 spiro atoms. The van der Waals surface area contributed by atoms with Crippen molar-refractivity contribution >= 4 is 17.7 Å². The van der Waals surface area contributed by atoms with Gasteiger partial charge in [-0.3, -0.25) is 9.69 Å². The van der Waals surface area contributed by atoms with Gasteiger partial charge in [0, 0.05) is 18.3 Å². The average molecular weight is 219 g/mol. The first-order chi connectivity index (χ1) is 6.61. The predicted octanol–water partition coefficient (Wildman–Crippen LogP) is 1.62. The lowest BCUT2D eigenvalue weighted by molar-refractivity contribution is -0.144. The van der Waals surface area contributed by atoms with Crippen molar-refractivity contribution in [2.24, 2.45) is 0 Å². The molecule has 0 bridgehead atoms. The van der Waals surface area contributed by atoms with Gasteiger partial charge in [-0.1, -0.05) is 0 Å². The maximum Gasteiger partial charge on any atom is 0.320 e. The van der Waals surface area contributed by atoms with Crippen molar-refractivity contribution in [3.63, 3.8) is 0 Å². The van der Waals surface area contributed by atoms with Crippen LogP contribution < -0.4 is 0 Å². The van der Waals surface area contributed by atoms with Crippen molar-refractivity contribution < 1.29 is 9.53 Å². The van der Waals surface area contributed by atoms with Crippen LogP contribution in [-0.4, -0.2) is 48.6 Å². The van der Waals surface area contributed by atoms with Gasteiger partial charge in [-0.2, -0.15) is 11.8 Å². The molecule has 4 heteroatoms. The highest BCUT2D eigenvalue weighted by molar-refractivity contribution is 7.98. The van der Waals surface area contributed by atoms with Gasteiger partial charge in [0.1, 0.15) is 0 Å². The van der Waals surface area contributed by atoms with E-state index in [1.807, 2.05) is 6.92 Å². The van der Waals surface area contributed by atoms with Crippen molar-refractivity contribution in [2.75, 3.05) is 31.7 Å². The lowest BCUT2D eigenvalue weighted by atomic mass is 10.3. The molecule has 0 atom stereocenters. The quantitative estimate of drug-likeness (QED) is 0.609. The van der Waals surface area contributed by atoms with Gasteiger partial charge in [0.15, 0.2) is 0 Å². The van der Waals surface area contributed by atoms with Gasteiger partial charge >= 0.3 is 5.97 Å². The van der Waals surface area contributed by atoms with Gasteiger partial charge in [-0.25, -0.2) is 0 Å². The highest BCUT2D eigenvalue weighted by Crippen LogP contribution is 2.01. The lowest BCUT2D eigenvalue weighted by Gasteiger charge is -2.24. The maximum atomic E-state index is 11.3. The van der Waals surface area contributed by atoms with Crippen molar-refractivity contribution in [3.05, 3.63) is 0 Å². The summed E-state index contributed by atoms with van der Waals surface area (Å²) in [5.74, 6) is 0.930. The summed E-state index contributed by atoms with van der Waals surface area (Å²) in [6.45, 7) is 7.84. The van der Waals surface area contributed by atoms with Crippen LogP contribution in [0.2, 0.25) is 0 Å². The predicted molar refractivity (Wildman–Crippen MR) is 61.7 cm³/mol. The van der Waals surface area contributed by atoms with E-state index in [9.17, 15) is 4.79 Å². The molecule has 0 radical (unpaired) electrons. The Hall–Kier alpha value is -0.220. The molecule has 0 aliphatic rings. The first kappa shape index (κ1) is 13.8. The van der Waals surface area contributed by atoms with Crippen LogP contribution in [0.15, 0.2) is 0 Å². The molecule has 0 N–H and O–H groups in total. The van der Waals surface area contributed by atoms with E-state index in [0.717, 1.165) is 12.3 Å². The summed E-state index contributed by atoms with van der Waals surface area (Å²) in [5, 5.41) is 0. The van der Waals surface area contributed by atoms with Crippen molar-refractivity contribution in [1.29, 1.82) is 0 Å². The maximum absolute atomic E-state index is 11.3. The van der Waals surface area contributed by atoms with Gasteiger partial charge in [0.2, 0.25) is 0 Å². The topological polar surface area (TPSA) is 29.5 Å². The summed E-state index contributed by atoms with van der Waals surface area (Å²) >= 11 is 1.79. The second-order valence-corrected chi connectivity index (χ2v) is 4.35. The zero-order valence-corrected chi connectivity index (χ0v) is 10.4. The van der Waals surface area contributed by atoms with Crippen LogP contribution in [0.5, 0.6) is 0 Å². The zero-order valence-electron chi connectivity index (χ0n) is 9.58. The fourth-order valence-electron chi connectivity index (χ4n) is 1.10. The third-order valence-corrected chi connectivity index (χ3v) is 2.54. The van der Waals surface area contributed by atoms with Crippen LogP contribution in [-0.2, 0) is 9.53 Å². The largest absolute Gasteiger partial charge is 0.465 e. The monoisotopic (exact) mass is 219 g/mol. The molecular formula is C10H21NO2S. The van der Waals surface area contributed by atoms with E-state index in [2.05, 4.69) is 25.0 Å². The van der Waals surface area contributed by atoms with Crippen LogP contribution in [0.4, 0.5) is 0 Å². The minimum absolute atomic E-state index is 0.123. The van der Waals surface area contributed by atoms with Crippen molar-refractivity contribution in [3.8, 4) is 0 Å². The molecule has 3 nitrogen and oxygen atoms in total. The van der Waals surface area contributed by atoms with E-state index in [-0.39, 0.29) is 5.97 Å². The SMILES string of the molecule is CCOC(=O)CN(CCSC)C(C)C. The van der Waals surface area contributed by atoms with E-state index < -0.39 is 0 Å². The molecule has 0 aliphatic carbocycles. The summed E-state index contributed by atoms with van der Waals surface area (Å²) in [6, 6.07) is 0.395. The van der Waals surface area contributed by atoms with E-state index in [1.165, 1.54) is 0 Å². The number of nitrogens with zero attached hydrogens (tertiary/aromatic N) is 1. The molecule has 0 unspecified atom stereocenters. The molecule has 0 amide bonds. The smallest absolute Gasteiger partial charge is 0.320 e. The molecule has 0 aromatic heterocycles. The highest BCUT2D eigenvalue weighted by atomic mass is 32.2. The second-order valence-electron chi connectivity index (χ2n) is 3.36.